The van der Waals surface area contributed by atoms with Crippen molar-refractivity contribution < 1.29 is 4.42 Å². The van der Waals surface area contributed by atoms with Gasteiger partial charge < -0.3 is 10.2 Å². The van der Waals surface area contributed by atoms with E-state index in [2.05, 4.69) is 32.4 Å². The number of nitrogen functional groups attached to an aromatic ring is 1. The third kappa shape index (κ3) is 2.61. The van der Waals surface area contributed by atoms with Gasteiger partial charge in [-0.3, -0.25) is 4.68 Å². The van der Waals surface area contributed by atoms with Crippen molar-refractivity contribution in [1.29, 1.82) is 0 Å². The van der Waals surface area contributed by atoms with Gasteiger partial charge in [-0.15, -0.1) is 0 Å². The van der Waals surface area contributed by atoms with Gasteiger partial charge in [-0.1, -0.05) is 19.3 Å². The van der Waals surface area contributed by atoms with E-state index in [-0.39, 0.29) is 0 Å². The standard InChI is InChI=1S/C20H20N4OS/c21-20-19-16(8-18(25-19)13-6-7-26-12-13)17(10-22-20)14-9-23-24(11-14)15-4-2-1-3-5-15/h6-12,15H,1-5H2,(H2,21,22). The number of aromatic nitrogens is 3. The minimum absolute atomic E-state index is 0.421. The number of hydrogen-bond donors (Lipinski definition) is 1. The number of furan rings is 1. The Morgan fingerprint density at radius 3 is 2.85 bits per heavy atom. The van der Waals surface area contributed by atoms with Gasteiger partial charge in [0.15, 0.2) is 11.4 Å². The van der Waals surface area contributed by atoms with Gasteiger partial charge in [0.2, 0.25) is 0 Å². The summed E-state index contributed by atoms with van der Waals surface area (Å²) in [5.41, 5.74) is 9.86. The highest BCUT2D eigenvalue weighted by Gasteiger charge is 2.19. The van der Waals surface area contributed by atoms with Crippen LogP contribution < -0.4 is 5.73 Å². The topological polar surface area (TPSA) is 69.9 Å². The van der Waals surface area contributed by atoms with Crippen LogP contribution in [0.4, 0.5) is 5.82 Å². The molecule has 0 unspecified atom stereocenters. The number of thiophene rings is 1. The summed E-state index contributed by atoms with van der Waals surface area (Å²) in [7, 11) is 0. The lowest BCUT2D eigenvalue weighted by molar-refractivity contribution is 0.329. The summed E-state index contributed by atoms with van der Waals surface area (Å²) in [4.78, 5) is 4.35. The van der Waals surface area contributed by atoms with E-state index in [9.17, 15) is 0 Å². The summed E-state index contributed by atoms with van der Waals surface area (Å²) in [6, 6.07) is 4.62. The second-order valence-electron chi connectivity index (χ2n) is 6.92. The summed E-state index contributed by atoms with van der Waals surface area (Å²) in [5.74, 6) is 1.24. The van der Waals surface area contributed by atoms with Gasteiger partial charge in [0.05, 0.1) is 12.2 Å². The van der Waals surface area contributed by atoms with Crippen molar-refractivity contribution in [1.82, 2.24) is 14.8 Å². The molecule has 1 aliphatic rings. The van der Waals surface area contributed by atoms with Crippen LogP contribution in [0, 0.1) is 0 Å². The highest BCUT2D eigenvalue weighted by atomic mass is 32.1. The Balaban J connectivity index is 1.58. The highest BCUT2D eigenvalue weighted by Crippen LogP contribution is 2.37. The van der Waals surface area contributed by atoms with Crippen molar-refractivity contribution in [3.05, 3.63) is 41.5 Å². The first-order chi connectivity index (χ1) is 12.8. The van der Waals surface area contributed by atoms with E-state index < -0.39 is 0 Å². The largest absolute Gasteiger partial charge is 0.452 e. The van der Waals surface area contributed by atoms with E-state index in [1.54, 1.807) is 11.3 Å². The first kappa shape index (κ1) is 15.6. The molecular formula is C20H20N4OS. The van der Waals surface area contributed by atoms with Gasteiger partial charge in [-0.2, -0.15) is 16.4 Å². The molecule has 0 aromatic carbocycles. The number of anilines is 1. The number of rotatable bonds is 3. The molecule has 0 aliphatic heterocycles. The van der Waals surface area contributed by atoms with E-state index in [0.717, 1.165) is 27.8 Å². The second-order valence-corrected chi connectivity index (χ2v) is 7.70. The van der Waals surface area contributed by atoms with Crippen molar-refractivity contribution in [2.45, 2.75) is 38.1 Å². The van der Waals surface area contributed by atoms with Gasteiger partial charge in [0.25, 0.3) is 0 Å². The fraction of sp³-hybridized carbons (Fsp3) is 0.300. The van der Waals surface area contributed by atoms with Gasteiger partial charge in [0, 0.05) is 39.9 Å². The summed E-state index contributed by atoms with van der Waals surface area (Å²) in [6.45, 7) is 0. The number of hydrogen-bond acceptors (Lipinski definition) is 5. The molecule has 1 aliphatic carbocycles. The molecule has 0 bridgehead atoms. The highest BCUT2D eigenvalue weighted by molar-refractivity contribution is 7.08. The van der Waals surface area contributed by atoms with Gasteiger partial charge >= 0.3 is 0 Å². The smallest absolute Gasteiger partial charge is 0.177 e. The minimum atomic E-state index is 0.421. The lowest BCUT2D eigenvalue weighted by atomic mass is 9.96. The summed E-state index contributed by atoms with van der Waals surface area (Å²) in [5, 5.41) is 9.73. The summed E-state index contributed by atoms with van der Waals surface area (Å²) < 4.78 is 8.14. The number of fused-ring (bicyclic) bond motifs is 1. The molecule has 0 atom stereocenters. The van der Waals surface area contributed by atoms with Crippen LogP contribution in [0.5, 0.6) is 0 Å². The predicted octanol–water partition coefficient (Wildman–Crippen LogP) is 5.51. The SMILES string of the molecule is Nc1ncc(-c2cnn(C3CCCCC3)c2)c2cc(-c3ccsc3)oc12. The van der Waals surface area contributed by atoms with Gasteiger partial charge in [-0.25, -0.2) is 4.98 Å². The van der Waals surface area contributed by atoms with Crippen LogP contribution in [0.2, 0.25) is 0 Å². The third-order valence-corrected chi connectivity index (χ3v) is 5.94. The first-order valence-corrected chi connectivity index (χ1v) is 9.99. The molecule has 5 nitrogen and oxygen atoms in total. The van der Waals surface area contributed by atoms with E-state index >= 15 is 0 Å². The lowest BCUT2D eigenvalue weighted by Crippen LogP contribution is -2.12. The van der Waals surface area contributed by atoms with Crippen LogP contribution in [0.1, 0.15) is 38.1 Å². The van der Waals surface area contributed by atoms with Crippen LogP contribution in [-0.4, -0.2) is 14.8 Å². The van der Waals surface area contributed by atoms with Gasteiger partial charge in [-0.05, 0) is 30.4 Å². The molecule has 0 amide bonds. The zero-order chi connectivity index (χ0) is 17.5. The van der Waals surface area contributed by atoms with Crippen LogP contribution in [0.25, 0.3) is 33.4 Å². The number of nitrogens with zero attached hydrogens (tertiary/aromatic N) is 3. The Morgan fingerprint density at radius 2 is 2.04 bits per heavy atom. The average Bonchev–Trinajstić information content (AvgIpc) is 3.42. The quantitative estimate of drug-likeness (QED) is 0.520. The molecule has 26 heavy (non-hydrogen) atoms. The van der Waals surface area contributed by atoms with E-state index in [4.69, 9.17) is 10.2 Å². The lowest BCUT2D eigenvalue weighted by Gasteiger charge is -2.21. The molecular weight excluding hydrogens is 344 g/mol. The molecule has 2 N–H and O–H groups in total. The Bertz CT molecular complexity index is 1040. The molecule has 1 fully saturated rings. The fourth-order valence-corrected chi connectivity index (χ4v) is 4.49. The average molecular weight is 364 g/mol. The van der Waals surface area contributed by atoms with Crippen molar-refractivity contribution >= 4 is 28.1 Å². The number of nitrogens with two attached hydrogens (primary N) is 1. The summed E-state index contributed by atoms with van der Waals surface area (Å²) in [6.07, 6.45) is 12.2. The molecule has 132 valence electrons. The second kappa shape index (κ2) is 6.29. The fourth-order valence-electron chi connectivity index (χ4n) is 3.84. The van der Waals surface area contributed by atoms with Crippen molar-refractivity contribution in [2.75, 3.05) is 5.73 Å². The molecule has 4 heterocycles. The normalized spacial score (nSPS) is 15.7. The van der Waals surface area contributed by atoms with Crippen molar-refractivity contribution in [3.8, 4) is 22.5 Å². The maximum absolute atomic E-state index is 6.07. The monoisotopic (exact) mass is 364 g/mol. The van der Waals surface area contributed by atoms with Gasteiger partial charge in [0.1, 0.15) is 5.76 Å². The zero-order valence-electron chi connectivity index (χ0n) is 14.4. The first-order valence-electron chi connectivity index (χ1n) is 9.05. The molecule has 4 aromatic heterocycles. The predicted molar refractivity (Wildman–Crippen MR) is 105 cm³/mol. The molecule has 0 saturated heterocycles. The third-order valence-electron chi connectivity index (χ3n) is 5.25. The Labute approximate surface area is 155 Å². The van der Waals surface area contributed by atoms with E-state index in [1.807, 2.05) is 23.8 Å². The molecule has 0 radical (unpaired) electrons. The van der Waals surface area contributed by atoms with Crippen LogP contribution >= 0.6 is 11.3 Å². The van der Waals surface area contributed by atoms with E-state index in [0.29, 0.717) is 17.4 Å². The summed E-state index contributed by atoms with van der Waals surface area (Å²) >= 11 is 1.65. The zero-order valence-corrected chi connectivity index (χ0v) is 15.2. The number of pyridine rings is 1. The molecule has 4 aromatic rings. The molecule has 0 spiro atoms. The van der Waals surface area contributed by atoms with Crippen LogP contribution in [0.3, 0.4) is 0 Å². The molecule has 6 heteroatoms. The molecule has 1 saturated carbocycles. The minimum Gasteiger partial charge on any atom is -0.452 e. The van der Waals surface area contributed by atoms with Crippen molar-refractivity contribution in [2.24, 2.45) is 0 Å². The Morgan fingerprint density at radius 1 is 1.15 bits per heavy atom. The Kier molecular flexibility index (Phi) is 3.78. The van der Waals surface area contributed by atoms with E-state index in [1.165, 1.54) is 32.1 Å². The molecule has 5 rings (SSSR count). The van der Waals surface area contributed by atoms with Crippen LogP contribution in [0.15, 0.2) is 45.9 Å². The Hall–Kier alpha value is -2.60. The maximum Gasteiger partial charge on any atom is 0.177 e. The van der Waals surface area contributed by atoms with Crippen molar-refractivity contribution in [3.63, 3.8) is 0 Å². The maximum atomic E-state index is 6.07. The van der Waals surface area contributed by atoms with Crippen LogP contribution in [-0.2, 0) is 0 Å².